The lowest BCUT2D eigenvalue weighted by Crippen LogP contribution is -2.32. The summed E-state index contributed by atoms with van der Waals surface area (Å²) in [6.07, 6.45) is 2.45. The van der Waals surface area contributed by atoms with Crippen molar-refractivity contribution in [2.75, 3.05) is 5.32 Å². The highest BCUT2D eigenvalue weighted by Gasteiger charge is 2.24. The van der Waals surface area contributed by atoms with Crippen LogP contribution in [0.15, 0.2) is 60.9 Å². The van der Waals surface area contributed by atoms with Crippen LogP contribution in [-0.4, -0.2) is 32.9 Å². The summed E-state index contributed by atoms with van der Waals surface area (Å²) in [6.45, 7) is 3.65. The molecule has 4 aromatic rings. The van der Waals surface area contributed by atoms with Crippen LogP contribution in [0.5, 0.6) is 0 Å². The monoisotopic (exact) mass is 400 g/mol. The Bertz CT molecular complexity index is 1250. The first-order valence-electron chi connectivity index (χ1n) is 9.64. The summed E-state index contributed by atoms with van der Waals surface area (Å²) in [5, 5.41) is 3.71. The number of ether oxygens (including phenoxy) is 1. The highest BCUT2D eigenvalue weighted by atomic mass is 16.5. The molecule has 2 aromatic heterocycles. The predicted octanol–water partition coefficient (Wildman–Crippen LogP) is 4.06. The van der Waals surface area contributed by atoms with Crippen LogP contribution in [0.1, 0.15) is 29.4 Å². The molecule has 1 unspecified atom stereocenters. The van der Waals surface area contributed by atoms with Crippen molar-refractivity contribution in [1.29, 1.82) is 0 Å². The maximum atomic E-state index is 12.9. The van der Waals surface area contributed by atoms with E-state index in [1.807, 2.05) is 31.2 Å². The van der Waals surface area contributed by atoms with E-state index in [9.17, 15) is 9.59 Å². The second kappa shape index (κ2) is 8.24. The Hall–Kier alpha value is -3.87. The van der Waals surface area contributed by atoms with Crippen LogP contribution >= 0.6 is 0 Å². The zero-order valence-corrected chi connectivity index (χ0v) is 16.6. The van der Waals surface area contributed by atoms with Crippen molar-refractivity contribution in [2.45, 2.75) is 26.4 Å². The van der Waals surface area contributed by atoms with E-state index in [0.717, 1.165) is 16.6 Å². The summed E-state index contributed by atoms with van der Waals surface area (Å²) in [4.78, 5) is 38.6. The smallest absolute Gasteiger partial charge is 0.341 e. The number of nitrogens with one attached hydrogen (secondary N) is 1. The molecular formula is C23H20N4O3. The van der Waals surface area contributed by atoms with E-state index in [-0.39, 0.29) is 5.56 Å². The molecule has 0 bridgehead atoms. The molecule has 0 fully saturated rings. The van der Waals surface area contributed by atoms with Crippen molar-refractivity contribution < 1.29 is 14.3 Å². The van der Waals surface area contributed by atoms with Crippen LogP contribution in [0.4, 0.5) is 5.69 Å². The van der Waals surface area contributed by atoms with Crippen LogP contribution in [0, 0.1) is 6.92 Å². The lowest BCUT2D eigenvalue weighted by Gasteiger charge is -2.17. The number of benzene rings is 2. The molecule has 0 aliphatic carbocycles. The fourth-order valence-corrected chi connectivity index (χ4v) is 3.30. The van der Waals surface area contributed by atoms with Crippen LogP contribution in [0.2, 0.25) is 0 Å². The number of para-hydroxylation sites is 2. The second-order valence-electron chi connectivity index (χ2n) is 6.85. The van der Waals surface area contributed by atoms with Gasteiger partial charge in [-0.3, -0.25) is 19.7 Å². The molecule has 0 aliphatic rings. The summed E-state index contributed by atoms with van der Waals surface area (Å²) >= 11 is 0. The third kappa shape index (κ3) is 3.82. The summed E-state index contributed by atoms with van der Waals surface area (Å²) in [5.41, 5.74) is 3.50. The number of nitrogens with zero attached hydrogens (tertiary/aromatic N) is 3. The Kier molecular flexibility index (Phi) is 5.34. The molecule has 1 atom stereocenters. The summed E-state index contributed by atoms with van der Waals surface area (Å²) in [5.74, 6) is -1.01. The van der Waals surface area contributed by atoms with E-state index < -0.39 is 18.0 Å². The number of aryl methyl sites for hydroxylation is 1. The average molecular weight is 400 g/mol. The lowest BCUT2D eigenvalue weighted by atomic mass is 10.1. The third-order valence-electron chi connectivity index (χ3n) is 4.73. The molecule has 0 spiro atoms. The molecule has 2 aromatic carbocycles. The van der Waals surface area contributed by atoms with E-state index in [0.29, 0.717) is 23.1 Å². The van der Waals surface area contributed by atoms with Crippen LogP contribution < -0.4 is 5.32 Å². The van der Waals surface area contributed by atoms with Gasteiger partial charge in [0.2, 0.25) is 0 Å². The van der Waals surface area contributed by atoms with Crippen molar-refractivity contribution >= 4 is 39.5 Å². The SMILES string of the molecule is CCC(OC(=O)c1cccc2nccnc12)C(=O)Nc1cc(C)nc2ccccc12. The highest BCUT2D eigenvalue weighted by Crippen LogP contribution is 2.24. The predicted molar refractivity (Wildman–Crippen MR) is 114 cm³/mol. The number of rotatable bonds is 5. The summed E-state index contributed by atoms with van der Waals surface area (Å²) in [7, 11) is 0. The molecule has 7 heteroatoms. The molecule has 7 nitrogen and oxygen atoms in total. The van der Waals surface area contributed by atoms with Crippen LogP contribution in [0.25, 0.3) is 21.9 Å². The quantitative estimate of drug-likeness (QED) is 0.508. The molecule has 0 saturated heterocycles. The van der Waals surface area contributed by atoms with Crippen molar-refractivity contribution in [2.24, 2.45) is 0 Å². The Labute approximate surface area is 173 Å². The zero-order valence-electron chi connectivity index (χ0n) is 16.6. The second-order valence-corrected chi connectivity index (χ2v) is 6.85. The average Bonchev–Trinajstić information content (AvgIpc) is 2.76. The zero-order chi connectivity index (χ0) is 21.1. The standard InChI is InChI=1S/C23H20N4O3/c1-3-20(30-23(29)16-8-6-10-18-21(16)25-12-11-24-18)22(28)27-19-13-14(2)26-17-9-5-4-7-15(17)19/h4-13,20H,3H2,1-2H3,(H,26,27,28). The minimum absolute atomic E-state index is 0.275. The van der Waals surface area contributed by atoms with Gasteiger partial charge in [-0.25, -0.2) is 4.79 Å². The Morgan fingerprint density at radius 2 is 1.80 bits per heavy atom. The fourth-order valence-electron chi connectivity index (χ4n) is 3.30. The summed E-state index contributed by atoms with van der Waals surface area (Å²) in [6, 6.07) is 14.4. The van der Waals surface area contributed by atoms with E-state index in [1.54, 1.807) is 37.4 Å². The van der Waals surface area contributed by atoms with Gasteiger partial charge in [-0.1, -0.05) is 31.2 Å². The Morgan fingerprint density at radius 3 is 2.63 bits per heavy atom. The molecular weight excluding hydrogens is 380 g/mol. The molecule has 30 heavy (non-hydrogen) atoms. The Morgan fingerprint density at radius 1 is 1.03 bits per heavy atom. The molecule has 150 valence electrons. The first-order chi connectivity index (χ1) is 14.6. The van der Waals surface area contributed by atoms with Gasteiger partial charge in [0.05, 0.1) is 22.3 Å². The van der Waals surface area contributed by atoms with Gasteiger partial charge in [-0.2, -0.15) is 0 Å². The van der Waals surface area contributed by atoms with Crippen molar-refractivity contribution in [1.82, 2.24) is 15.0 Å². The lowest BCUT2D eigenvalue weighted by molar-refractivity contribution is -0.124. The van der Waals surface area contributed by atoms with E-state index >= 15 is 0 Å². The third-order valence-corrected chi connectivity index (χ3v) is 4.73. The normalized spacial score (nSPS) is 11.9. The first kappa shape index (κ1) is 19.4. The molecule has 0 radical (unpaired) electrons. The number of fused-ring (bicyclic) bond motifs is 2. The maximum absolute atomic E-state index is 12.9. The number of hydrogen-bond donors (Lipinski definition) is 1. The number of anilines is 1. The first-order valence-corrected chi connectivity index (χ1v) is 9.64. The molecule has 2 heterocycles. The van der Waals surface area contributed by atoms with Gasteiger partial charge in [0, 0.05) is 23.5 Å². The van der Waals surface area contributed by atoms with Crippen LogP contribution in [0.3, 0.4) is 0 Å². The minimum Gasteiger partial charge on any atom is -0.449 e. The summed E-state index contributed by atoms with van der Waals surface area (Å²) < 4.78 is 5.54. The van der Waals surface area contributed by atoms with Crippen molar-refractivity contribution in [3.05, 3.63) is 72.2 Å². The van der Waals surface area contributed by atoms with Gasteiger partial charge < -0.3 is 10.1 Å². The Balaban J connectivity index is 1.57. The van der Waals surface area contributed by atoms with Gasteiger partial charge in [-0.15, -0.1) is 0 Å². The maximum Gasteiger partial charge on any atom is 0.341 e. The largest absolute Gasteiger partial charge is 0.449 e. The number of carbonyl (C=O) groups excluding carboxylic acids is 2. The molecule has 0 aliphatic heterocycles. The van der Waals surface area contributed by atoms with E-state index in [2.05, 4.69) is 20.3 Å². The fraction of sp³-hybridized carbons (Fsp3) is 0.174. The number of pyridine rings is 1. The highest BCUT2D eigenvalue weighted by molar-refractivity contribution is 6.05. The van der Waals surface area contributed by atoms with Gasteiger partial charge in [0.1, 0.15) is 5.52 Å². The molecule has 0 saturated carbocycles. The number of carbonyl (C=O) groups is 2. The number of hydrogen-bond acceptors (Lipinski definition) is 6. The van der Waals surface area contributed by atoms with Gasteiger partial charge >= 0.3 is 5.97 Å². The number of amides is 1. The van der Waals surface area contributed by atoms with Gasteiger partial charge in [0.15, 0.2) is 6.10 Å². The number of aromatic nitrogens is 3. The number of esters is 1. The van der Waals surface area contributed by atoms with Gasteiger partial charge in [0.25, 0.3) is 5.91 Å². The molecule has 1 amide bonds. The topological polar surface area (TPSA) is 94.1 Å². The van der Waals surface area contributed by atoms with Crippen molar-refractivity contribution in [3.63, 3.8) is 0 Å². The van der Waals surface area contributed by atoms with E-state index in [4.69, 9.17) is 4.74 Å². The molecule has 1 N–H and O–H groups in total. The van der Waals surface area contributed by atoms with Crippen molar-refractivity contribution in [3.8, 4) is 0 Å². The van der Waals surface area contributed by atoms with E-state index in [1.165, 1.54) is 6.20 Å². The molecule has 4 rings (SSSR count). The van der Waals surface area contributed by atoms with Gasteiger partial charge in [-0.05, 0) is 37.6 Å². The minimum atomic E-state index is -0.948. The van der Waals surface area contributed by atoms with Crippen LogP contribution in [-0.2, 0) is 9.53 Å².